The third-order valence-electron chi connectivity index (χ3n) is 3.49. The van der Waals surface area contributed by atoms with E-state index < -0.39 is 0 Å². The highest BCUT2D eigenvalue weighted by molar-refractivity contribution is 5.79. The fourth-order valence-electron chi connectivity index (χ4n) is 2.20. The van der Waals surface area contributed by atoms with Crippen molar-refractivity contribution in [2.24, 2.45) is 11.7 Å². The molecule has 1 saturated carbocycles. The van der Waals surface area contributed by atoms with E-state index in [4.69, 9.17) is 15.2 Å². The minimum atomic E-state index is 0.0687. The van der Waals surface area contributed by atoms with Crippen LogP contribution in [0.5, 0.6) is 11.5 Å². The summed E-state index contributed by atoms with van der Waals surface area (Å²) in [4.78, 5) is 11.8. The summed E-state index contributed by atoms with van der Waals surface area (Å²) in [6, 6.07) is 5.74. The van der Waals surface area contributed by atoms with E-state index >= 15 is 0 Å². The second-order valence-electron chi connectivity index (χ2n) is 4.82. The number of methoxy groups -OCH3 is 2. The quantitative estimate of drug-likeness (QED) is 0.834. The third kappa shape index (κ3) is 3.17. The highest BCUT2D eigenvalue weighted by Gasteiger charge is 2.31. The Morgan fingerprint density at radius 1 is 1.37 bits per heavy atom. The van der Waals surface area contributed by atoms with E-state index in [0.29, 0.717) is 12.3 Å². The molecule has 0 heterocycles. The van der Waals surface area contributed by atoms with Crippen LogP contribution in [0.25, 0.3) is 0 Å². The summed E-state index contributed by atoms with van der Waals surface area (Å²) in [6.07, 6.45) is 1.57. The Kier molecular flexibility index (Phi) is 4.27. The molecule has 0 spiro atoms. The number of hydrogen-bond donors (Lipinski definition) is 2. The standard InChI is InChI=1S/C14H20N2O3/c1-18-12-4-3-9(13(7-12)19-2)8-16-14(17)10-5-11(15)6-10/h3-4,7,10-11H,5-6,8,15H2,1-2H3,(H,16,17). The number of rotatable bonds is 5. The van der Waals surface area contributed by atoms with E-state index in [1.54, 1.807) is 20.3 Å². The van der Waals surface area contributed by atoms with Gasteiger partial charge in [-0.25, -0.2) is 0 Å². The molecule has 3 N–H and O–H groups in total. The van der Waals surface area contributed by atoms with Crippen LogP contribution >= 0.6 is 0 Å². The molecule has 0 aliphatic heterocycles. The van der Waals surface area contributed by atoms with E-state index in [-0.39, 0.29) is 17.9 Å². The van der Waals surface area contributed by atoms with Gasteiger partial charge in [-0.15, -0.1) is 0 Å². The van der Waals surface area contributed by atoms with Crippen LogP contribution in [-0.4, -0.2) is 26.2 Å². The van der Waals surface area contributed by atoms with Gasteiger partial charge in [-0.1, -0.05) is 0 Å². The van der Waals surface area contributed by atoms with Gasteiger partial charge in [-0.05, 0) is 25.0 Å². The molecule has 0 saturated heterocycles. The first-order valence-corrected chi connectivity index (χ1v) is 6.38. The molecule has 1 aromatic carbocycles. The molecule has 5 nitrogen and oxygen atoms in total. The maximum atomic E-state index is 11.8. The van der Waals surface area contributed by atoms with Gasteiger partial charge in [0.25, 0.3) is 0 Å². The fraction of sp³-hybridized carbons (Fsp3) is 0.500. The van der Waals surface area contributed by atoms with Crippen LogP contribution in [0.2, 0.25) is 0 Å². The number of amides is 1. The van der Waals surface area contributed by atoms with Crippen molar-refractivity contribution in [1.29, 1.82) is 0 Å². The van der Waals surface area contributed by atoms with Gasteiger partial charge in [-0.3, -0.25) is 4.79 Å². The average Bonchev–Trinajstić information content (AvgIpc) is 2.41. The van der Waals surface area contributed by atoms with Gasteiger partial charge in [-0.2, -0.15) is 0 Å². The van der Waals surface area contributed by atoms with E-state index in [9.17, 15) is 4.79 Å². The maximum absolute atomic E-state index is 11.8. The monoisotopic (exact) mass is 264 g/mol. The summed E-state index contributed by atoms with van der Waals surface area (Å²) >= 11 is 0. The number of carbonyl (C=O) groups excluding carboxylic acids is 1. The molecule has 104 valence electrons. The Labute approximate surface area is 113 Å². The predicted molar refractivity (Wildman–Crippen MR) is 72.1 cm³/mol. The minimum absolute atomic E-state index is 0.0687. The number of carbonyl (C=O) groups is 1. The third-order valence-corrected chi connectivity index (χ3v) is 3.49. The summed E-state index contributed by atoms with van der Waals surface area (Å²) in [6.45, 7) is 0.456. The van der Waals surface area contributed by atoms with Crippen molar-refractivity contribution in [3.8, 4) is 11.5 Å². The Balaban J connectivity index is 1.93. The molecular weight excluding hydrogens is 244 g/mol. The number of nitrogens with two attached hydrogens (primary N) is 1. The van der Waals surface area contributed by atoms with Gasteiger partial charge in [0.15, 0.2) is 0 Å². The van der Waals surface area contributed by atoms with Gasteiger partial charge in [0.2, 0.25) is 5.91 Å². The van der Waals surface area contributed by atoms with Crippen molar-refractivity contribution in [3.63, 3.8) is 0 Å². The Bertz CT molecular complexity index is 456. The molecule has 5 heteroatoms. The van der Waals surface area contributed by atoms with Gasteiger partial charge >= 0.3 is 0 Å². The molecule has 19 heavy (non-hydrogen) atoms. The topological polar surface area (TPSA) is 73.6 Å². The Morgan fingerprint density at radius 2 is 2.11 bits per heavy atom. The van der Waals surface area contributed by atoms with Crippen LogP contribution in [0.4, 0.5) is 0 Å². The van der Waals surface area contributed by atoms with Gasteiger partial charge < -0.3 is 20.5 Å². The summed E-state index contributed by atoms with van der Waals surface area (Å²) in [5, 5.41) is 2.92. The summed E-state index contributed by atoms with van der Waals surface area (Å²) in [5.74, 6) is 1.58. The van der Waals surface area contributed by atoms with Crippen molar-refractivity contribution in [3.05, 3.63) is 23.8 Å². The summed E-state index contributed by atoms with van der Waals surface area (Å²) in [7, 11) is 3.21. The SMILES string of the molecule is COc1ccc(CNC(=O)C2CC(N)C2)c(OC)c1. The highest BCUT2D eigenvalue weighted by atomic mass is 16.5. The molecule has 1 fully saturated rings. The summed E-state index contributed by atoms with van der Waals surface area (Å²) in [5.41, 5.74) is 6.61. The molecule has 0 bridgehead atoms. The summed E-state index contributed by atoms with van der Waals surface area (Å²) < 4.78 is 10.4. The maximum Gasteiger partial charge on any atom is 0.223 e. The van der Waals surface area contributed by atoms with Gasteiger partial charge in [0.05, 0.1) is 14.2 Å². The van der Waals surface area contributed by atoms with Crippen LogP contribution in [0.15, 0.2) is 18.2 Å². The van der Waals surface area contributed by atoms with Crippen molar-refractivity contribution in [1.82, 2.24) is 5.32 Å². The molecule has 0 unspecified atom stereocenters. The second-order valence-corrected chi connectivity index (χ2v) is 4.82. The van der Waals surface area contributed by atoms with Gasteiger partial charge in [0, 0.05) is 30.1 Å². The molecule has 1 aromatic rings. The molecule has 0 aromatic heterocycles. The minimum Gasteiger partial charge on any atom is -0.497 e. The zero-order valence-electron chi connectivity index (χ0n) is 11.3. The zero-order valence-corrected chi connectivity index (χ0v) is 11.3. The molecular formula is C14H20N2O3. The van der Waals surface area contributed by atoms with Crippen LogP contribution in [0.1, 0.15) is 18.4 Å². The van der Waals surface area contributed by atoms with Gasteiger partial charge in [0.1, 0.15) is 11.5 Å². The molecule has 0 radical (unpaired) electrons. The Morgan fingerprint density at radius 3 is 2.68 bits per heavy atom. The number of ether oxygens (including phenoxy) is 2. The lowest BCUT2D eigenvalue weighted by molar-refractivity contribution is -0.128. The van der Waals surface area contributed by atoms with E-state index in [1.807, 2.05) is 12.1 Å². The number of hydrogen-bond acceptors (Lipinski definition) is 4. The van der Waals surface area contributed by atoms with Crippen molar-refractivity contribution in [2.45, 2.75) is 25.4 Å². The predicted octanol–water partition coefficient (Wildman–Crippen LogP) is 1.06. The highest BCUT2D eigenvalue weighted by Crippen LogP contribution is 2.27. The molecule has 1 aliphatic carbocycles. The van der Waals surface area contributed by atoms with Crippen molar-refractivity contribution < 1.29 is 14.3 Å². The first-order chi connectivity index (χ1) is 9.13. The molecule has 0 atom stereocenters. The first-order valence-electron chi connectivity index (χ1n) is 6.38. The van der Waals surface area contributed by atoms with E-state index in [1.165, 1.54) is 0 Å². The number of benzene rings is 1. The second kappa shape index (κ2) is 5.93. The number of nitrogens with one attached hydrogen (secondary N) is 1. The lowest BCUT2D eigenvalue weighted by Crippen LogP contribution is -2.44. The van der Waals surface area contributed by atoms with Crippen LogP contribution in [0, 0.1) is 5.92 Å². The van der Waals surface area contributed by atoms with Crippen molar-refractivity contribution in [2.75, 3.05) is 14.2 Å². The van der Waals surface area contributed by atoms with E-state index in [2.05, 4.69) is 5.32 Å². The van der Waals surface area contributed by atoms with Crippen LogP contribution < -0.4 is 20.5 Å². The van der Waals surface area contributed by atoms with E-state index in [0.717, 1.165) is 24.2 Å². The van der Waals surface area contributed by atoms with Crippen molar-refractivity contribution >= 4 is 5.91 Å². The lowest BCUT2D eigenvalue weighted by atomic mass is 9.80. The smallest absolute Gasteiger partial charge is 0.223 e. The lowest BCUT2D eigenvalue weighted by Gasteiger charge is -2.31. The largest absolute Gasteiger partial charge is 0.497 e. The molecule has 1 amide bonds. The Hall–Kier alpha value is -1.75. The molecule has 1 aliphatic rings. The first kappa shape index (κ1) is 13.7. The fourth-order valence-corrected chi connectivity index (χ4v) is 2.20. The zero-order chi connectivity index (χ0) is 13.8. The molecule has 2 rings (SSSR count). The van der Waals surface area contributed by atoms with Crippen LogP contribution in [-0.2, 0) is 11.3 Å². The normalized spacial score (nSPS) is 21.4. The average molecular weight is 264 g/mol. The van der Waals surface area contributed by atoms with Crippen LogP contribution in [0.3, 0.4) is 0 Å².